The van der Waals surface area contributed by atoms with Crippen molar-refractivity contribution in [2.75, 3.05) is 7.05 Å². The number of benzene rings is 1. The van der Waals surface area contributed by atoms with Crippen molar-refractivity contribution in [2.24, 2.45) is 5.73 Å². The van der Waals surface area contributed by atoms with Gasteiger partial charge in [-0.1, -0.05) is 24.3 Å². The Balaban J connectivity index is 2.09. The van der Waals surface area contributed by atoms with E-state index in [0.29, 0.717) is 0 Å². The number of fused-ring (bicyclic) bond motifs is 1. The molecular formula is C13H18N2O. The molecule has 0 bridgehead atoms. The number of carbonyl (C=O) groups excluding carboxylic acids is 1. The molecule has 1 amide bonds. The predicted molar refractivity (Wildman–Crippen MR) is 64.1 cm³/mol. The molecule has 3 heteroatoms. The number of nitrogens with zero attached hydrogens (tertiary/aromatic N) is 1. The van der Waals surface area contributed by atoms with Crippen LogP contribution in [0.5, 0.6) is 0 Å². The van der Waals surface area contributed by atoms with Gasteiger partial charge >= 0.3 is 0 Å². The maximum atomic E-state index is 11.8. The Morgan fingerprint density at radius 2 is 1.88 bits per heavy atom. The zero-order chi connectivity index (χ0) is 11.7. The minimum absolute atomic E-state index is 0.0257. The molecule has 86 valence electrons. The van der Waals surface area contributed by atoms with Crippen LogP contribution in [0.3, 0.4) is 0 Å². The van der Waals surface area contributed by atoms with Crippen molar-refractivity contribution in [3.05, 3.63) is 35.4 Å². The number of likely N-dealkylation sites (N-methyl/N-ethyl adjacent to an activating group) is 1. The first kappa shape index (κ1) is 11.1. The summed E-state index contributed by atoms with van der Waals surface area (Å²) in [6, 6.07) is 8.24. The third-order valence-electron chi connectivity index (χ3n) is 3.31. The molecule has 0 saturated carbocycles. The average Bonchev–Trinajstić information content (AvgIpc) is 2.70. The highest BCUT2D eigenvalue weighted by atomic mass is 16.2. The van der Waals surface area contributed by atoms with Crippen molar-refractivity contribution in [3.63, 3.8) is 0 Å². The number of hydrogen-bond acceptors (Lipinski definition) is 2. The molecule has 2 N–H and O–H groups in total. The van der Waals surface area contributed by atoms with Crippen LogP contribution in [-0.2, 0) is 17.6 Å². The lowest BCUT2D eigenvalue weighted by Crippen LogP contribution is -2.45. The molecule has 0 heterocycles. The van der Waals surface area contributed by atoms with E-state index in [0.717, 1.165) is 12.8 Å². The molecule has 0 aromatic heterocycles. The summed E-state index contributed by atoms with van der Waals surface area (Å²) in [6.45, 7) is 1.74. The quantitative estimate of drug-likeness (QED) is 0.803. The van der Waals surface area contributed by atoms with Gasteiger partial charge in [-0.25, -0.2) is 0 Å². The van der Waals surface area contributed by atoms with E-state index in [1.807, 2.05) is 7.05 Å². The highest BCUT2D eigenvalue weighted by molar-refractivity contribution is 5.81. The number of nitrogens with two attached hydrogens (primary N) is 1. The number of rotatable bonds is 2. The summed E-state index contributed by atoms with van der Waals surface area (Å²) >= 11 is 0. The Morgan fingerprint density at radius 3 is 2.31 bits per heavy atom. The summed E-state index contributed by atoms with van der Waals surface area (Å²) in [5.74, 6) is 0.0257. The minimum atomic E-state index is -0.409. The maximum absolute atomic E-state index is 11.8. The van der Waals surface area contributed by atoms with Crippen molar-refractivity contribution < 1.29 is 4.79 Å². The summed E-state index contributed by atoms with van der Waals surface area (Å²) in [7, 11) is 1.85. The van der Waals surface area contributed by atoms with E-state index in [4.69, 9.17) is 5.73 Å². The summed E-state index contributed by atoms with van der Waals surface area (Å²) in [5.41, 5.74) is 8.33. The van der Waals surface area contributed by atoms with E-state index in [1.165, 1.54) is 11.1 Å². The second-order valence-corrected chi connectivity index (χ2v) is 4.57. The monoisotopic (exact) mass is 218 g/mol. The molecule has 1 aromatic rings. The molecule has 0 unspecified atom stereocenters. The summed E-state index contributed by atoms with van der Waals surface area (Å²) in [6.07, 6.45) is 1.90. The molecular weight excluding hydrogens is 200 g/mol. The Labute approximate surface area is 96.2 Å². The van der Waals surface area contributed by atoms with E-state index in [9.17, 15) is 4.79 Å². The van der Waals surface area contributed by atoms with Crippen LogP contribution < -0.4 is 5.73 Å². The van der Waals surface area contributed by atoms with Crippen LogP contribution in [0.2, 0.25) is 0 Å². The third kappa shape index (κ3) is 1.95. The zero-order valence-electron chi connectivity index (χ0n) is 9.81. The molecule has 2 rings (SSSR count). The van der Waals surface area contributed by atoms with Crippen molar-refractivity contribution in [3.8, 4) is 0 Å². The van der Waals surface area contributed by atoms with E-state index in [1.54, 1.807) is 11.8 Å². The lowest BCUT2D eigenvalue weighted by Gasteiger charge is -2.25. The fourth-order valence-electron chi connectivity index (χ4n) is 2.31. The van der Waals surface area contributed by atoms with Gasteiger partial charge in [0, 0.05) is 13.1 Å². The van der Waals surface area contributed by atoms with Crippen LogP contribution in [0.15, 0.2) is 24.3 Å². The molecule has 16 heavy (non-hydrogen) atoms. The van der Waals surface area contributed by atoms with Crippen LogP contribution in [0.1, 0.15) is 18.1 Å². The van der Waals surface area contributed by atoms with Crippen molar-refractivity contribution in [2.45, 2.75) is 31.8 Å². The largest absolute Gasteiger partial charge is 0.341 e. The lowest BCUT2D eigenvalue weighted by atomic mass is 10.1. The molecule has 3 nitrogen and oxygen atoms in total. The van der Waals surface area contributed by atoms with Gasteiger partial charge in [-0.05, 0) is 30.9 Å². The first-order chi connectivity index (χ1) is 7.59. The summed E-state index contributed by atoms with van der Waals surface area (Å²) in [4.78, 5) is 13.6. The van der Waals surface area contributed by atoms with Gasteiger partial charge in [0.15, 0.2) is 0 Å². The van der Waals surface area contributed by atoms with E-state index < -0.39 is 6.04 Å². The van der Waals surface area contributed by atoms with Crippen LogP contribution in [0.4, 0.5) is 0 Å². The normalized spacial score (nSPS) is 16.9. The van der Waals surface area contributed by atoms with E-state index in [2.05, 4.69) is 24.3 Å². The number of amides is 1. The highest BCUT2D eigenvalue weighted by Crippen LogP contribution is 2.24. The smallest absolute Gasteiger partial charge is 0.239 e. The maximum Gasteiger partial charge on any atom is 0.239 e. The molecule has 0 fully saturated rings. The van der Waals surface area contributed by atoms with Crippen molar-refractivity contribution >= 4 is 5.91 Å². The fraction of sp³-hybridized carbons (Fsp3) is 0.462. The Morgan fingerprint density at radius 1 is 1.38 bits per heavy atom. The van der Waals surface area contributed by atoms with Crippen LogP contribution in [-0.4, -0.2) is 29.9 Å². The van der Waals surface area contributed by atoms with Gasteiger partial charge in [0.2, 0.25) is 5.91 Å². The fourth-order valence-corrected chi connectivity index (χ4v) is 2.31. The molecule has 0 spiro atoms. The molecule has 1 aromatic carbocycles. The molecule has 0 radical (unpaired) electrons. The second-order valence-electron chi connectivity index (χ2n) is 4.57. The summed E-state index contributed by atoms with van der Waals surface area (Å²) in [5, 5.41) is 0. The third-order valence-corrected chi connectivity index (χ3v) is 3.31. The molecule has 0 aliphatic heterocycles. The van der Waals surface area contributed by atoms with Crippen LogP contribution in [0, 0.1) is 0 Å². The molecule has 1 atom stereocenters. The average molecular weight is 218 g/mol. The van der Waals surface area contributed by atoms with E-state index >= 15 is 0 Å². The first-order valence-electron chi connectivity index (χ1n) is 5.68. The second kappa shape index (κ2) is 4.26. The van der Waals surface area contributed by atoms with Gasteiger partial charge < -0.3 is 10.6 Å². The van der Waals surface area contributed by atoms with Crippen molar-refractivity contribution in [1.29, 1.82) is 0 Å². The molecule has 1 aliphatic carbocycles. The van der Waals surface area contributed by atoms with Crippen molar-refractivity contribution in [1.82, 2.24) is 4.90 Å². The van der Waals surface area contributed by atoms with Crippen LogP contribution in [0.25, 0.3) is 0 Å². The predicted octanol–water partition coefficient (Wildman–Crippen LogP) is 0.959. The Kier molecular flexibility index (Phi) is 2.97. The standard InChI is InChI=1S/C13H18N2O/c1-9(14)13(16)15(2)12-7-10-5-3-4-6-11(10)8-12/h3-6,9,12H,7-8,14H2,1-2H3/t9-/m1/s1. The minimum Gasteiger partial charge on any atom is -0.341 e. The number of hydrogen-bond donors (Lipinski definition) is 1. The zero-order valence-corrected chi connectivity index (χ0v) is 9.81. The first-order valence-corrected chi connectivity index (χ1v) is 5.68. The van der Waals surface area contributed by atoms with Gasteiger partial charge in [-0.2, -0.15) is 0 Å². The Hall–Kier alpha value is -1.35. The van der Waals surface area contributed by atoms with Gasteiger partial charge in [-0.15, -0.1) is 0 Å². The SMILES string of the molecule is C[C@@H](N)C(=O)N(C)C1Cc2ccccc2C1. The van der Waals surface area contributed by atoms with Gasteiger partial charge in [-0.3, -0.25) is 4.79 Å². The Bertz CT molecular complexity index is 376. The highest BCUT2D eigenvalue weighted by Gasteiger charge is 2.28. The summed E-state index contributed by atoms with van der Waals surface area (Å²) < 4.78 is 0. The van der Waals surface area contributed by atoms with Gasteiger partial charge in [0.25, 0.3) is 0 Å². The van der Waals surface area contributed by atoms with Crippen LogP contribution >= 0.6 is 0 Å². The molecule has 0 saturated heterocycles. The topological polar surface area (TPSA) is 46.3 Å². The van der Waals surface area contributed by atoms with E-state index in [-0.39, 0.29) is 11.9 Å². The molecule has 1 aliphatic rings. The number of carbonyl (C=O) groups is 1. The van der Waals surface area contributed by atoms with Gasteiger partial charge in [0.05, 0.1) is 6.04 Å². The van der Waals surface area contributed by atoms with Gasteiger partial charge in [0.1, 0.15) is 0 Å². The lowest BCUT2D eigenvalue weighted by molar-refractivity contribution is -0.132.